The number of hydrogen-bond acceptors (Lipinski definition) is 9. The van der Waals surface area contributed by atoms with Crippen LogP contribution in [0.25, 0.3) is 0 Å². The Hall–Kier alpha value is -3.88. The van der Waals surface area contributed by atoms with Gasteiger partial charge in [-0.3, -0.25) is 9.59 Å². The molecule has 0 spiro atoms. The van der Waals surface area contributed by atoms with E-state index in [4.69, 9.17) is 23.7 Å². The van der Waals surface area contributed by atoms with Crippen LogP contribution in [-0.4, -0.2) is 23.9 Å². The number of rotatable bonds is 4. The zero-order valence-corrected chi connectivity index (χ0v) is 15.3. The number of fused-ring (bicyclic) bond motifs is 2. The van der Waals surface area contributed by atoms with Gasteiger partial charge in [0, 0.05) is 13.8 Å². The molecule has 0 amide bonds. The fourth-order valence-corrected chi connectivity index (χ4v) is 3.03. The molecule has 2 unspecified atom stereocenters. The molecule has 148 valence electrons. The van der Waals surface area contributed by atoms with Crippen LogP contribution in [0.1, 0.15) is 58.3 Å². The lowest BCUT2D eigenvalue weighted by molar-refractivity contribution is -0.166. The Morgan fingerprint density at radius 1 is 0.759 bits per heavy atom. The second-order valence-electron chi connectivity index (χ2n) is 6.29. The molecule has 0 saturated heterocycles. The fourth-order valence-electron chi connectivity index (χ4n) is 3.03. The van der Waals surface area contributed by atoms with Crippen molar-refractivity contribution in [1.29, 1.82) is 0 Å². The SMILES string of the molecule is CC(=O)OC1OC(=O)c2ccc(Oc3ccc4c(c3)C(OC(C)=O)OC4=O)cc21. The molecule has 2 aromatic rings. The number of benzene rings is 2. The first kappa shape index (κ1) is 18.5. The summed E-state index contributed by atoms with van der Waals surface area (Å²) in [5, 5.41) is 0. The third-order valence-electron chi connectivity index (χ3n) is 4.20. The van der Waals surface area contributed by atoms with Crippen LogP contribution in [0.4, 0.5) is 0 Å². The van der Waals surface area contributed by atoms with E-state index in [1.54, 1.807) is 12.1 Å². The zero-order valence-electron chi connectivity index (χ0n) is 15.3. The molecule has 2 aromatic carbocycles. The normalized spacial score (nSPS) is 19.0. The maximum atomic E-state index is 11.9. The molecular weight excluding hydrogens is 384 g/mol. The first-order valence-corrected chi connectivity index (χ1v) is 8.54. The van der Waals surface area contributed by atoms with Gasteiger partial charge in [0.1, 0.15) is 11.5 Å². The highest BCUT2D eigenvalue weighted by Crippen LogP contribution is 2.38. The van der Waals surface area contributed by atoms with Crippen molar-refractivity contribution in [3.63, 3.8) is 0 Å². The van der Waals surface area contributed by atoms with Gasteiger partial charge in [0.2, 0.25) is 0 Å². The summed E-state index contributed by atoms with van der Waals surface area (Å²) in [4.78, 5) is 46.2. The summed E-state index contributed by atoms with van der Waals surface area (Å²) in [6.45, 7) is 2.42. The molecule has 2 heterocycles. The Morgan fingerprint density at radius 3 is 1.55 bits per heavy atom. The molecule has 9 heteroatoms. The largest absolute Gasteiger partial charge is 0.457 e. The first-order valence-electron chi connectivity index (χ1n) is 8.54. The highest BCUT2D eigenvalue weighted by molar-refractivity contribution is 5.95. The van der Waals surface area contributed by atoms with E-state index in [1.807, 2.05) is 0 Å². The predicted octanol–water partition coefficient (Wildman–Crippen LogP) is 2.94. The summed E-state index contributed by atoms with van der Waals surface area (Å²) in [5.74, 6) is -1.71. The van der Waals surface area contributed by atoms with E-state index in [1.165, 1.54) is 38.1 Å². The Morgan fingerprint density at radius 2 is 1.17 bits per heavy atom. The summed E-state index contributed by atoms with van der Waals surface area (Å²) in [7, 11) is 0. The Labute approximate surface area is 164 Å². The smallest absolute Gasteiger partial charge is 0.342 e. The van der Waals surface area contributed by atoms with E-state index in [0.717, 1.165) is 0 Å². The maximum Gasteiger partial charge on any atom is 0.342 e. The van der Waals surface area contributed by atoms with E-state index < -0.39 is 36.5 Å². The molecule has 0 saturated carbocycles. The maximum absolute atomic E-state index is 11.9. The monoisotopic (exact) mass is 398 g/mol. The lowest BCUT2D eigenvalue weighted by Gasteiger charge is -2.13. The highest BCUT2D eigenvalue weighted by Gasteiger charge is 2.35. The van der Waals surface area contributed by atoms with Crippen LogP contribution in [0.2, 0.25) is 0 Å². The molecule has 4 rings (SSSR count). The second-order valence-corrected chi connectivity index (χ2v) is 6.29. The molecule has 0 aromatic heterocycles. The summed E-state index contributed by atoms with van der Waals surface area (Å²) in [5.41, 5.74) is 1.26. The van der Waals surface area contributed by atoms with Crippen LogP contribution >= 0.6 is 0 Å². The van der Waals surface area contributed by atoms with E-state index in [2.05, 4.69) is 0 Å². The van der Waals surface area contributed by atoms with Gasteiger partial charge in [-0.2, -0.15) is 0 Å². The van der Waals surface area contributed by atoms with Crippen LogP contribution in [0.5, 0.6) is 11.5 Å². The topological polar surface area (TPSA) is 114 Å². The summed E-state index contributed by atoms with van der Waals surface area (Å²) < 4.78 is 25.8. The van der Waals surface area contributed by atoms with Crippen molar-refractivity contribution < 1.29 is 42.9 Å². The van der Waals surface area contributed by atoms with Crippen LogP contribution < -0.4 is 4.74 Å². The standard InChI is InChI=1S/C20H14O9/c1-9(21)25-19-15-7-11(3-5-13(15)17(23)28-19)27-12-4-6-14-16(8-12)20(26-10(2)22)29-18(14)24/h3-8,19-20H,1-2H3. The Bertz CT molecular complexity index is 968. The van der Waals surface area contributed by atoms with E-state index in [-0.39, 0.29) is 11.1 Å². The average Bonchev–Trinajstić information content (AvgIpc) is 3.11. The van der Waals surface area contributed by atoms with E-state index in [9.17, 15) is 19.2 Å². The minimum absolute atomic E-state index is 0.270. The average molecular weight is 398 g/mol. The minimum Gasteiger partial charge on any atom is -0.457 e. The van der Waals surface area contributed by atoms with Crippen LogP contribution in [0, 0.1) is 0 Å². The number of carbonyl (C=O) groups is 4. The van der Waals surface area contributed by atoms with Gasteiger partial charge in [-0.1, -0.05) is 0 Å². The van der Waals surface area contributed by atoms with E-state index in [0.29, 0.717) is 22.6 Å². The molecule has 2 aliphatic heterocycles. The van der Waals surface area contributed by atoms with Crippen molar-refractivity contribution in [2.45, 2.75) is 26.4 Å². The highest BCUT2D eigenvalue weighted by atomic mass is 16.7. The van der Waals surface area contributed by atoms with Crippen molar-refractivity contribution in [3.05, 3.63) is 58.7 Å². The molecule has 2 aliphatic rings. The van der Waals surface area contributed by atoms with Crippen molar-refractivity contribution in [3.8, 4) is 11.5 Å². The van der Waals surface area contributed by atoms with Gasteiger partial charge in [-0.05, 0) is 36.4 Å². The number of ether oxygens (including phenoxy) is 5. The number of hydrogen-bond donors (Lipinski definition) is 0. The summed E-state index contributed by atoms with van der Waals surface area (Å²) in [6, 6.07) is 9.14. The first-order chi connectivity index (χ1) is 13.8. The summed E-state index contributed by atoms with van der Waals surface area (Å²) in [6.07, 6.45) is -2.28. The summed E-state index contributed by atoms with van der Waals surface area (Å²) >= 11 is 0. The third-order valence-corrected chi connectivity index (χ3v) is 4.20. The van der Waals surface area contributed by atoms with Crippen molar-refractivity contribution in [1.82, 2.24) is 0 Å². The molecule has 0 N–H and O–H groups in total. The molecule has 0 radical (unpaired) electrons. The molecule has 0 aliphatic carbocycles. The van der Waals surface area contributed by atoms with Gasteiger partial charge >= 0.3 is 23.9 Å². The Kier molecular flexibility index (Phi) is 4.42. The second kappa shape index (κ2) is 6.93. The number of cyclic esters (lactones) is 2. The molecule has 0 fully saturated rings. The Balaban J connectivity index is 1.61. The van der Waals surface area contributed by atoms with Crippen molar-refractivity contribution in [2.75, 3.05) is 0 Å². The zero-order chi connectivity index (χ0) is 20.7. The molecule has 0 bridgehead atoms. The van der Waals surface area contributed by atoms with Gasteiger partial charge < -0.3 is 23.7 Å². The van der Waals surface area contributed by atoms with Crippen molar-refractivity contribution in [2.24, 2.45) is 0 Å². The molecule has 2 atom stereocenters. The van der Waals surface area contributed by atoms with E-state index >= 15 is 0 Å². The van der Waals surface area contributed by atoms with Crippen molar-refractivity contribution >= 4 is 23.9 Å². The van der Waals surface area contributed by atoms with Gasteiger partial charge in [-0.25, -0.2) is 9.59 Å². The van der Waals surface area contributed by atoms with Crippen LogP contribution in [-0.2, 0) is 28.5 Å². The predicted molar refractivity (Wildman–Crippen MR) is 92.8 cm³/mol. The third kappa shape index (κ3) is 3.49. The lowest BCUT2D eigenvalue weighted by atomic mass is 10.1. The van der Waals surface area contributed by atoms with Gasteiger partial charge in [0.25, 0.3) is 12.6 Å². The minimum atomic E-state index is -1.14. The lowest BCUT2D eigenvalue weighted by Crippen LogP contribution is -2.08. The number of carbonyl (C=O) groups excluding carboxylic acids is 4. The number of esters is 4. The van der Waals surface area contributed by atoms with Gasteiger partial charge in [-0.15, -0.1) is 0 Å². The van der Waals surface area contributed by atoms with Gasteiger partial charge in [0.05, 0.1) is 22.3 Å². The fraction of sp³-hybridized carbons (Fsp3) is 0.200. The van der Waals surface area contributed by atoms with Crippen LogP contribution in [0.15, 0.2) is 36.4 Å². The van der Waals surface area contributed by atoms with Crippen LogP contribution in [0.3, 0.4) is 0 Å². The molecule has 9 nitrogen and oxygen atoms in total. The quantitative estimate of drug-likeness (QED) is 0.717. The van der Waals surface area contributed by atoms with Gasteiger partial charge in [0.15, 0.2) is 0 Å². The molecule has 29 heavy (non-hydrogen) atoms. The molecular formula is C20H14O9.